The Hall–Kier alpha value is -1.88. The zero-order valence-electron chi connectivity index (χ0n) is 16.7. The van der Waals surface area contributed by atoms with Gasteiger partial charge in [-0.25, -0.2) is 0 Å². The fourth-order valence-corrected chi connectivity index (χ4v) is 4.04. The number of hydrogen-bond acceptors (Lipinski definition) is 3. The first-order valence-corrected chi connectivity index (χ1v) is 10.3. The topological polar surface area (TPSA) is 52.7 Å². The van der Waals surface area contributed by atoms with Gasteiger partial charge in [0.15, 0.2) is 0 Å². The maximum atomic E-state index is 12.7. The molecule has 1 aliphatic carbocycles. The molecule has 1 N–H and O–H groups in total. The first-order valence-electron chi connectivity index (χ1n) is 10.3. The zero-order chi connectivity index (χ0) is 19.2. The Kier molecular flexibility index (Phi) is 6.89. The fraction of sp³-hybridized carbons (Fsp3) is 0.636. The molecule has 27 heavy (non-hydrogen) atoms. The number of likely N-dealkylation sites (tertiary alicyclic amines) is 1. The van der Waals surface area contributed by atoms with Gasteiger partial charge < -0.3 is 15.1 Å². The minimum absolute atomic E-state index is 0.0612. The molecule has 1 aromatic carbocycles. The van der Waals surface area contributed by atoms with Gasteiger partial charge in [-0.2, -0.15) is 0 Å². The Morgan fingerprint density at radius 2 is 1.81 bits per heavy atom. The smallest absolute Gasteiger partial charge is 0.226 e. The van der Waals surface area contributed by atoms with E-state index in [0.717, 1.165) is 51.7 Å². The molecule has 148 valence electrons. The molecule has 5 nitrogen and oxygen atoms in total. The van der Waals surface area contributed by atoms with E-state index < -0.39 is 0 Å². The number of nitrogens with zero attached hydrogens (tertiary/aromatic N) is 2. The SMILES string of the molecule is CN(C)CCCNC(=O)C1CC1C(=O)N1CCC(Cc2ccccc2)CC1. The van der Waals surface area contributed by atoms with Gasteiger partial charge in [-0.15, -0.1) is 0 Å². The van der Waals surface area contributed by atoms with Crippen molar-refractivity contribution in [3.63, 3.8) is 0 Å². The number of rotatable bonds is 8. The van der Waals surface area contributed by atoms with Crippen molar-refractivity contribution in [2.75, 3.05) is 40.3 Å². The number of hydrogen-bond donors (Lipinski definition) is 1. The van der Waals surface area contributed by atoms with Crippen LogP contribution in [0.3, 0.4) is 0 Å². The van der Waals surface area contributed by atoms with Crippen molar-refractivity contribution < 1.29 is 9.59 Å². The van der Waals surface area contributed by atoms with Crippen LogP contribution >= 0.6 is 0 Å². The average Bonchev–Trinajstić information content (AvgIpc) is 3.47. The summed E-state index contributed by atoms with van der Waals surface area (Å²) in [5.41, 5.74) is 1.38. The summed E-state index contributed by atoms with van der Waals surface area (Å²) in [5, 5.41) is 2.99. The third kappa shape index (κ3) is 5.80. The molecule has 0 aromatic heterocycles. The second-order valence-corrected chi connectivity index (χ2v) is 8.35. The van der Waals surface area contributed by atoms with E-state index in [9.17, 15) is 9.59 Å². The minimum atomic E-state index is -0.0982. The maximum Gasteiger partial charge on any atom is 0.226 e. The van der Waals surface area contributed by atoms with Crippen molar-refractivity contribution in [3.05, 3.63) is 35.9 Å². The van der Waals surface area contributed by atoms with Crippen LogP contribution in [0.2, 0.25) is 0 Å². The van der Waals surface area contributed by atoms with Gasteiger partial charge >= 0.3 is 0 Å². The lowest BCUT2D eigenvalue weighted by molar-refractivity contribution is -0.136. The molecule has 5 heteroatoms. The van der Waals surface area contributed by atoms with Gasteiger partial charge in [0.05, 0.1) is 11.8 Å². The van der Waals surface area contributed by atoms with E-state index in [1.807, 2.05) is 19.0 Å². The van der Waals surface area contributed by atoms with Gasteiger partial charge in [0.2, 0.25) is 11.8 Å². The lowest BCUT2D eigenvalue weighted by Crippen LogP contribution is -2.40. The number of carbonyl (C=O) groups is 2. The monoisotopic (exact) mass is 371 g/mol. The van der Waals surface area contributed by atoms with E-state index in [1.54, 1.807) is 0 Å². The van der Waals surface area contributed by atoms with Crippen LogP contribution in [0.5, 0.6) is 0 Å². The molecule has 0 spiro atoms. The Balaban J connectivity index is 1.36. The second kappa shape index (κ2) is 9.36. The van der Waals surface area contributed by atoms with Crippen molar-refractivity contribution in [1.82, 2.24) is 15.1 Å². The summed E-state index contributed by atoms with van der Waals surface area (Å²) in [6.07, 6.45) is 4.90. The molecular formula is C22H33N3O2. The van der Waals surface area contributed by atoms with E-state index in [1.165, 1.54) is 5.56 Å². The van der Waals surface area contributed by atoms with Crippen LogP contribution in [0.15, 0.2) is 30.3 Å². The molecule has 0 bridgehead atoms. The van der Waals surface area contributed by atoms with Crippen LogP contribution in [-0.2, 0) is 16.0 Å². The Morgan fingerprint density at radius 1 is 1.11 bits per heavy atom. The summed E-state index contributed by atoms with van der Waals surface area (Å²) in [7, 11) is 4.06. The molecule has 2 amide bonds. The molecule has 1 aliphatic heterocycles. The van der Waals surface area contributed by atoms with Gasteiger partial charge in [0.1, 0.15) is 0 Å². The van der Waals surface area contributed by atoms with Crippen molar-refractivity contribution in [2.24, 2.45) is 17.8 Å². The summed E-state index contributed by atoms with van der Waals surface area (Å²) >= 11 is 0. The highest BCUT2D eigenvalue weighted by atomic mass is 16.2. The molecule has 2 aliphatic rings. The van der Waals surface area contributed by atoms with Crippen LogP contribution in [0.4, 0.5) is 0 Å². The Morgan fingerprint density at radius 3 is 2.48 bits per heavy atom. The second-order valence-electron chi connectivity index (χ2n) is 8.35. The van der Waals surface area contributed by atoms with Crippen molar-refractivity contribution in [3.8, 4) is 0 Å². The first kappa shape index (κ1) is 19.9. The van der Waals surface area contributed by atoms with E-state index >= 15 is 0 Å². The van der Waals surface area contributed by atoms with Gasteiger partial charge in [-0.05, 0) is 64.2 Å². The first-order chi connectivity index (χ1) is 13.0. The maximum absolute atomic E-state index is 12.7. The Labute approximate surface area is 163 Å². The third-order valence-corrected chi connectivity index (χ3v) is 5.82. The molecular weight excluding hydrogens is 338 g/mol. The van der Waals surface area contributed by atoms with E-state index in [4.69, 9.17) is 0 Å². The number of amides is 2. The number of carbonyl (C=O) groups excluding carboxylic acids is 2. The number of nitrogens with one attached hydrogen (secondary N) is 1. The van der Waals surface area contributed by atoms with E-state index in [0.29, 0.717) is 12.5 Å². The van der Waals surface area contributed by atoms with Crippen LogP contribution in [0.25, 0.3) is 0 Å². The summed E-state index contributed by atoms with van der Waals surface area (Å²) < 4.78 is 0. The standard InChI is InChI=1S/C22H33N3O2/c1-24(2)12-6-11-23-21(26)19-16-20(19)22(27)25-13-9-18(10-14-25)15-17-7-4-3-5-8-17/h3-5,7-8,18-20H,6,9-16H2,1-2H3,(H,23,26). The number of piperidine rings is 1. The lowest BCUT2D eigenvalue weighted by Gasteiger charge is -2.32. The normalized spacial score (nSPS) is 22.7. The predicted molar refractivity (Wildman–Crippen MR) is 107 cm³/mol. The molecule has 1 saturated carbocycles. The van der Waals surface area contributed by atoms with Crippen LogP contribution in [-0.4, -0.2) is 61.9 Å². The molecule has 1 saturated heterocycles. The molecule has 3 rings (SSSR count). The van der Waals surface area contributed by atoms with Gasteiger partial charge in [0, 0.05) is 19.6 Å². The summed E-state index contributed by atoms with van der Waals surface area (Å²) in [5.74, 6) is 0.738. The molecule has 2 unspecified atom stereocenters. The molecule has 2 fully saturated rings. The van der Waals surface area contributed by atoms with Crippen molar-refractivity contribution in [1.29, 1.82) is 0 Å². The summed E-state index contributed by atoms with van der Waals surface area (Å²) in [4.78, 5) is 29.0. The highest BCUT2D eigenvalue weighted by Crippen LogP contribution is 2.40. The van der Waals surface area contributed by atoms with Crippen molar-refractivity contribution in [2.45, 2.75) is 32.1 Å². The predicted octanol–water partition coefficient (Wildman–Crippen LogP) is 2.17. The van der Waals surface area contributed by atoms with Crippen LogP contribution in [0.1, 0.15) is 31.2 Å². The fourth-order valence-electron chi connectivity index (χ4n) is 4.04. The van der Waals surface area contributed by atoms with Crippen molar-refractivity contribution >= 4 is 11.8 Å². The largest absolute Gasteiger partial charge is 0.356 e. The molecule has 0 radical (unpaired) electrons. The van der Waals surface area contributed by atoms with Gasteiger partial charge in [-0.1, -0.05) is 30.3 Å². The Bertz CT molecular complexity index is 624. The summed E-state index contributed by atoms with van der Waals surface area (Å²) in [6.45, 7) is 3.33. The number of benzene rings is 1. The van der Waals surface area contributed by atoms with E-state index in [2.05, 4.69) is 40.5 Å². The molecule has 2 atom stereocenters. The highest BCUT2D eigenvalue weighted by Gasteiger charge is 2.49. The highest BCUT2D eigenvalue weighted by molar-refractivity contribution is 5.92. The van der Waals surface area contributed by atoms with Crippen LogP contribution < -0.4 is 5.32 Å². The summed E-state index contributed by atoms with van der Waals surface area (Å²) in [6, 6.07) is 10.6. The minimum Gasteiger partial charge on any atom is -0.356 e. The van der Waals surface area contributed by atoms with Gasteiger partial charge in [0.25, 0.3) is 0 Å². The van der Waals surface area contributed by atoms with Gasteiger partial charge in [-0.3, -0.25) is 9.59 Å². The average molecular weight is 372 g/mol. The van der Waals surface area contributed by atoms with E-state index in [-0.39, 0.29) is 23.7 Å². The lowest BCUT2D eigenvalue weighted by atomic mass is 9.90. The third-order valence-electron chi connectivity index (χ3n) is 5.82. The molecule has 1 aromatic rings. The molecule has 1 heterocycles. The quantitative estimate of drug-likeness (QED) is 0.713. The zero-order valence-corrected chi connectivity index (χ0v) is 16.7. The van der Waals surface area contributed by atoms with Crippen LogP contribution in [0, 0.1) is 17.8 Å².